The Morgan fingerprint density at radius 3 is 2.79 bits per heavy atom. The van der Waals surface area contributed by atoms with Crippen molar-refractivity contribution in [1.29, 1.82) is 0 Å². The van der Waals surface area contributed by atoms with Crippen molar-refractivity contribution < 1.29 is 14.5 Å². The molecule has 8 heteroatoms. The molecule has 0 N–H and O–H groups in total. The average Bonchev–Trinajstić information content (AvgIpc) is 2.90. The van der Waals surface area contributed by atoms with Gasteiger partial charge >= 0.3 is 5.97 Å². The molecule has 7 nitrogen and oxygen atoms in total. The molecule has 0 bridgehead atoms. The first-order chi connectivity index (χ1) is 11.3. The number of nitro groups is 1. The van der Waals surface area contributed by atoms with E-state index in [-0.39, 0.29) is 17.7 Å². The normalized spacial score (nSPS) is 19.1. The summed E-state index contributed by atoms with van der Waals surface area (Å²) in [6.07, 6.45) is 0. The van der Waals surface area contributed by atoms with Crippen LogP contribution in [0.1, 0.15) is 19.4 Å². The van der Waals surface area contributed by atoms with Gasteiger partial charge in [-0.2, -0.15) is 0 Å². The van der Waals surface area contributed by atoms with Crippen molar-refractivity contribution in [3.8, 4) is 0 Å². The van der Waals surface area contributed by atoms with Crippen molar-refractivity contribution in [2.75, 3.05) is 19.4 Å². The number of hydrogen-bond donors (Lipinski definition) is 0. The Morgan fingerprint density at radius 2 is 2.25 bits per heavy atom. The predicted octanol–water partition coefficient (Wildman–Crippen LogP) is 3.14. The lowest BCUT2D eigenvalue weighted by Crippen LogP contribution is -2.42. The number of aryl methyl sites for hydroxylation is 1. The van der Waals surface area contributed by atoms with Crippen LogP contribution >= 0.6 is 11.8 Å². The molecular formula is C16H21N3O4S. The Hall–Kier alpha value is -2.09. The molecule has 24 heavy (non-hydrogen) atoms. The van der Waals surface area contributed by atoms with Gasteiger partial charge in [-0.1, -0.05) is 25.6 Å². The fourth-order valence-electron chi connectivity index (χ4n) is 2.47. The molecule has 1 aliphatic heterocycles. The number of non-ortho nitro benzene ring substituents is 1. The molecule has 0 radical (unpaired) electrons. The van der Waals surface area contributed by atoms with E-state index in [4.69, 9.17) is 4.74 Å². The fraction of sp³-hybridized carbons (Fsp3) is 0.500. The van der Waals surface area contributed by atoms with E-state index in [1.54, 1.807) is 13.0 Å². The number of ether oxygens (including phenoxy) is 1. The maximum absolute atomic E-state index is 12.0. The molecule has 0 aliphatic carbocycles. The van der Waals surface area contributed by atoms with Gasteiger partial charge in [0.05, 0.1) is 17.7 Å². The minimum atomic E-state index is -0.424. The number of nitrogens with zero attached hydrogens (tertiary/aromatic N) is 3. The molecule has 1 heterocycles. The van der Waals surface area contributed by atoms with Gasteiger partial charge in [0.1, 0.15) is 6.04 Å². The number of esters is 1. The molecule has 0 saturated carbocycles. The van der Waals surface area contributed by atoms with Gasteiger partial charge in [0, 0.05) is 24.4 Å². The van der Waals surface area contributed by atoms with Gasteiger partial charge < -0.3 is 9.64 Å². The number of thioether (sulfide) groups is 1. The van der Waals surface area contributed by atoms with Crippen LogP contribution in [0.2, 0.25) is 0 Å². The first-order valence-corrected chi connectivity index (χ1v) is 8.63. The number of aliphatic imine (C=N–C) groups is 1. The number of benzene rings is 1. The zero-order valence-corrected chi connectivity index (χ0v) is 15.0. The molecule has 1 atom stereocenters. The zero-order valence-electron chi connectivity index (χ0n) is 14.2. The first-order valence-electron chi connectivity index (χ1n) is 7.64. The van der Waals surface area contributed by atoms with Crippen molar-refractivity contribution in [2.45, 2.75) is 26.8 Å². The van der Waals surface area contributed by atoms with Crippen LogP contribution in [0.4, 0.5) is 11.4 Å². The van der Waals surface area contributed by atoms with E-state index in [1.165, 1.54) is 31.0 Å². The third-order valence-corrected chi connectivity index (χ3v) is 4.70. The van der Waals surface area contributed by atoms with Gasteiger partial charge in [-0.15, -0.1) is 0 Å². The predicted molar refractivity (Wildman–Crippen MR) is 94.7 cm³/mol. The maximum Gasteiger partial charge on any atom is 0.329 e. The molecule has 1 aromatic rings. The van der Waals surface area contributed by atoms with E-state index in [0.29, 0.717) is 23.9 Å². The highest BCUT2D eigenvalue weighted by Crippen LogP contribution is 2.31. The Balaban J connectivity index is 2.33. The van der Waals surface area contributed by atoms with E-state index < -0.39 is 4.92 Å². The molecule has 0 spiro atoms. The van der Waals surface area contributed by atoms with Crippen LogP contribution in [-0.4, -0.2) is 46.4 Å². The van der Waals surface area contributed by atoms with Crippen molar-refractivity contribution >= 4 is 34.3 Å². The van der Waals surface area contributed by atoms with Crippen molar-refractivity contribution in [3.63, 3.8) is 0 Å². The highest BCUT2D eigenvalue weighted by atomic mass is 32.2. The second-order valence-electron chi connectivity index (χ2n) is 6.02. The zero-order chi connectivity index (χ0) is 17.9. The third-order valence-electron chi connectivity index (χ3n) is 3.63. The van der Waals surface area contributed by atoms with Crippen molar-refractivity contribution in [3.05, 3.63) is 33.9 Å². The van der Waals surface area contributed by atoms with Crippen LogP contribution in [0.3, 0.4) is 0 Å². The van der Waals surface area contributed by atoms with Crippen LogP contribution in [0.25, 0.3) is 0 Å². The number of carbonyl (C=O) groups excluding carboxylic acids is 1. The van der Waals surface area contributed by atoms with Crippen molar-refractivity contribution in [1.82, 2.24) is 4.90 Å². The Morgan fingerprint density at radius 1 is 1.54 bits per heavy atom. The largest absolute Gasteiger partial charge is 0.467 e. The fourth-order valence-corrected chi connectivity index (χ4v) is 3.62. The number of methoxy groups -OCH3 is 1. The van der Waals surface area contributed by atoms with E-state index in [1.807, 2.05) is 4.90 Å². The van der Waals surface area contributed by atoms with E-state index >= 15 is 0 Å². The molecule has 130 valence electrons. The quantitative estimate of drug-likeness (QED) is 0.460. The van der Waals surface area contributed by atoms with Crippen LogP contribution in [-0.2, 0) is 9.53 Å². The standard InChI is InChI=1S/C16H21N3O4S/c1-10(2)8-18-14(15(20)23-4)9-24-16(18)17-13-6-5-12(19(21)22)7-11(13)3/h5-7,10,14H,8-9H2,1-4H3/t14-/m0/s1. The minimum absolute atomic E-state index is 0.0435. The molecule has 2 rings (SSSR count). The lowest BCUT2D eigenvalue weighted by atomic mass is 10.2. The van der Waals surface area contributed by atoms with Gasteiger partial charge in [-0.05, 0) is 24.5 Å². The average molecular weight is 351 g/mol. The summed E-state index contributed by atoms with van der Waals surface area (Å²) in [6.45, 7) is 6.63. The summed E-state index contributed by atoms with van der Waals surface area (Å²) in [4.78, 5) is 29.0. The smallest absolute Gasteiger partial charge is 0.329 e. The SMILES string of the molecule is COC(=O)[C@@H]1CSC(=Nc2ccc([N+](=O)[O-])cc2C)N1CC(C)C. The lowest BCUT2D eigenvalue weighted by Gasteiger charge is -2.25. The molecule has 0 aromatic heterocycles. The van der Waals surface area contributed by atoms with Gasteiger partial charge in [-0.25, -0.2) is 9.79 Å². The summed E-state index contributed by atoms with van der Waals surface area (Å²) in [5.41, 5.74) is 1.44. The monoisotopic (exact) mass is 351 g/mol. The molecular weight excluding hydrogens is 330 g/mol. The molecule has 1 aliphatic rings. The van der Waals surface area contributed by atoms with Gasteiger partial charge in [0.15, 0.2) is 5.17 Å². The Bertz CT molecular complexity index is 675. The van der Waals surface area contributed by atoms with Crippen LogP contribution < -0.4 is 0 Å². The number of carbonyl (C=O) groups is 1. The third kappa shape index (κ3) is 4.05. The second kappa shape index (κ2) is 7.65. The maximum atomic E-state index is 12.0. The van der Waals surface area contributed by atoms with Gasteiger partial charge in [-0.3, -0.25) is 10.1 Å². The van der Waals surface area contributed by atoms with Gasteiger partial charge in [0.25, 0.3) is 5.69 Å². The van der Waals surface area contributed by atoms with E-state index in [0.717, 1.165) is 10.7 Å². The first kappa shape index (κ1) is 18.3. The number of hydrogen-bond acceptors (Lipinski definition) is 6. The van der Waals surface area contributed by atoms with Crippen molar-refractivity contribution in [2.24, 2.45) is 10.9 Å². The second-order valence-corrected chi connectivity index (χ2v) is 7.01. The van der Waals surface area contributed by atoms with Crippen LogP contribution in [0, 0.1) is 23.0 Å². The Labute approximate surface area is 145 Å². The molecule has 0 unspecified atom stereocenters. The lowest BCUT2D eigenvalue weighted by molar-refractivity contribution is -0.384. The van der Waals surface area contributed by atoms with Crippen LogP contribution in [0.15, 0.2) is 23.2 Å². The number of amidine groups is 1. The molecule has 1 saturated heterocycles. The highest BCUT2D eigenvalue weighted by molar-refractivity contribution is 8.14. The van der Waals surface area contributed by atoms with Crippen LogP contribution in [0.5, 0.6) is 0 Å². The topological polar surface area (TPSA) is 85.0 Å². The molecule has 1 aromatic carbocycles. The summed E-state index contributed by atoms with van der Waals surface area (Å²) in [6, 6.07) is 4.24. The summed E-state index contributed by atoms with van der Waals surface area (Å²) < 4.78 is 4.89. The summed E-state index contributed by atoms with van der Waals surface area (Å²) in [7, 11) is 1.39. The summed E-state index contributed by atoms with van der Waals surface area (Å²) in [5.74, 6) is 0.678. The Kier molecular flexibility index (Phi) is 5.82. The molecule has 0 amide bonds. The highest BCUT2D eigenvalue weighted by Gasteiger charge is 2.36. The van der Waals surface area contributed by atoms with Gasteiger partial charge in [0.2, 0.25) is 0 Å². The minimum Gasteiger partial charge on any atom is -0.467 e. The summed E-state index contributed by atoms with van der Waals surface area (Å²) >= 11 is 1.50. The summed E-state index contributed by atoms with van der Waals surface area (Å²) in [5, 5.41) is 11.6. The molecule has 1 fully saturated rings. The number of nitro benzene ring substituents is 1. The number of rotatable bonds is 5. The van der Waals surface area contributed by atoms with E-state index in [2.05, 4.69) is 18.8 Å². The van der Waals surface area contributed by atoms with E-state index in [9.17, 15) is 14.9 Å².